The zero-order valence-electron chi connectivity index (χ0n) is 12.5. The van der Waals surface area contributed by atoms with Gasteiger partial charge in [-0.25, -0.2) is 4.99 Å². The molecule has 1 fully saturated rings. The van der Waals surface area contributed by atoms with Crippen LogP contribution in [0.4, 0.5) is 5.69 Å². The maximum atomic E-state index is 11.2. The van der Waals surface area contributed by atoms with Crippen LogP contribution in [0.1, 0.15) is 32.1 Å². The van der Waals surface area contributed by atoms with Crippen molar-refractivity contribution in [2.75, 3.05) is 4.90 Å². The fraction of sp³-hybridized carbons (Fsp3) is 0.429. The molecule has 0 atom stereocenters. The Hall–Kier alpha value is -2.13. The fourth-order valence-corrected chi connectivity index (χ4v) is 3.74. The molecule has 124 valence electrons. The van der Waals surface area contributed by atoms with Crippen molar-refractivity contribution in [3.8, 4) is 0 Å². The highest BCUT2D eigenvalue weighted by Gasteiger charge is 2.42. The SMILES string of the molecule is NC1=NC2(CCCCC2)N(c2ccc(S(=O)(=O)O)cc2)C(N)=N1. The first-order chi connectivity index (χ1) is 10.8. The molecule has 9 heteroatoms. The third-order valence-corrected chi connectivity index (χ3v) is 5.11. The van der Waals surface area contributed by atoms with Gasteiger partial charge in [0.2, 0.25) is 11.9 Å². The van der Waals surface area contributed by atoms with E-state index in [2.05, 4.69) is 9.98 Å². The first-order valence-electron chi connectivity index (χ1n) is 7.39. The number of nitrogens with zero attached hydrogens (tertiary/aromatic N) is 3. The summed E-state index contributed by atoms with van der Waals surface area (Å²) in [5.41, 5.74) is 12.0. The van der Waals surface area contributed by atoms with Crippen molar-refractivity contribution in [3.05, 3.63) is 24.3 Å². The van der Waals surface area contributed by atoms with Crippen LogP contribution in [0.15, 0.2) is 39.1 Å². The molecule has 1 aromatic carbocycles. The minimum absolute atomic E-state index is 0.162. The van der Waals surface area contributed by atoms with Crippen molar-refractivity contribution >= 4 is 27.7 Å². The van der Waals surface area contributed by atoms with Crippen molar-refractivity contribution in [2.45, 2.75) is 42.7 Å². The first kappa shape index (κ1) is 15.8. The number of benzene rings is 1. The highest BCUT2D eigenvalue weighted by molar-refractivity contribution is 7.85. The Morgan fingerprint density at radius 2 is 1.70 bits per heavy atom. The summed E-state index contributed by atoms with van der Waals surface area (Å²) in [6, 6.07) is 5.82. The van der Waals surface area contributed by atoms with Gasteiger partial charge in [0.25, 0.3) is 10.1 Å². The number of anilines is 1. The second-order valence-corrected chi connectivity index (χ2v) is 7.21. The molecule has 0 amide bonds. The van der Waals surface area contributed by atoms with Crippen LogP contribution in [-0.4, -0.2) is 30.6 Å². The van der Waals surface area contributed by atoms with E-state index in [1.54, 1.807) is 17.0 Å². The Morgan fingerprint density at radius 1 is 1.09 bits per heavy atom. The van der Waals surface area contributed by atoms with Gasteiger partial charge in [0.15, 0.2) is 0 Å². The molecule has 3 rings (SSSR count). The van der Waals surface area contributed by atoms with Gasteiger partial charge in [-0.15, -0.1) is 0 Å². The molecule has 1 saturated carbocycles. The van der Waals surface area contributed by atoms with E-state index in [-0.39, 0.29) is 16.8 Å². The van der Waals surface area contributed by atoms with Crippen molar-refractivity contribution in [1.82, 2.24) is 0 Å². The molecule has 0 unspecified atom stereocenters. The molecule has 1 aliphatic heterocycles. The molecule has 23 heavy (non-hydrogen) atoms. The Labute approximate surface area is 134 Å². The summed E-state index contributed by atoms with van der Waals surface area (Å²) in [4.78, 5) is 10.2. The topological polar surface area (TPSA) is 134 Å². The van der Waals surface area contributed by atoms with E-state index in [4.69, 9.17) is 16.0 Å². The maximum absolute atomic E-state index is 11.2. The smallest absolute Gasteiger partial charge is 0.294 e. The maximum Gasteiger partial charge on any atom is 0.294 e. The number of aliphatic imine (C=N–C) groups is 2. The number of nitrogens with two attached hydrogens (primary N) is 2. The summed E-state index contributed by atoms with van der Waals surface area (Å²) in [7, 11) is -4.23. The van der Waals surface area contributed by atoms with E-state index in [1.807, 2.05) is 0 Å². The third-order valence-electron chi connectivity index (χ3n) is 4.24. The zero-order chi connectivity index (χ0) is 16.7. The molecule has 2 aliphatic rings. The monoisotopic (exact) mass is 337 g/mol. The van der Waals surface area contributed by atoms with E-state index >= 15 is 0 Å². The van der Waals surface area contributed by atoms with Gasteiger partial charge in [-0.05, 0) is 49.9 Å². The predicted molar refractivity (Wildman–Crippen MR) is 87.8 cm³/mol. The fourth-order valence-electron chi connectivity index (χ4n) is 3.26. The number of rotatable bonds is 2. The van der Waals surface area contributed by atoms with Crippen LogP contribution >= 0.6 is 0 Å². The van der Waals surface area contributed by atoms with Crippen LogP contribution in [0.5, 0.6) is 0 Å². The Morgan fingerprint density at radius 3 is 2.26 bits per heavy atom. The summed E-state index contributed by atoms with van der Waals surface area (Å²) in [6.45, 7) is 0. The zero-order valence-corrected chi connectivity index (χ0v) is 13.3. The minimum Gasteiger partial charge on any atom is -0.369 e. The lowest BCUT2D eigenvalue weighted by molar-refractivity contribution is 0.305. The van der Waals surface area contributed by atoms with Gasteiger partial charge in [-0.1, -0.05) is 6.42 Å². The van der Waals surface area contributed by atoms with Gasteiger partial charge in [0, 0.05) is 5.69 Å². The van der Waals surface area contributed by atoms with Crippen LogP contribution in [0.2, 0.25) is 0 Å². The first-order valence-corrected chi connectivity index (χ1v) is 8.83. The summed E-state index contributed by atoms with van der Waals surface area (Å²) >= 11 is 0. The number of guanidine groups is 2. The van der Waals surface area contributed by atoms with Crippen LogP contribution in [0.3, 0.4) is 0 Å². The molecule has 1 aromatic rings. The summed E-state index contributed by atoms with van der Waals surface area (Å²) in [6.07, 6.45) is 4.73. The molecule has 0 radical (unpaired) electrons. The van der Waals surface area contributed by atoms with E-state index < -0.39 is 15.8 Å². The van der Waals surface area contributed by atoms with E-state index in [0.717, 1.165) is 32.1 Å². The van der Waals surface area contributed by atoms with Crippen LogP contribution in [0.25, 0.3) is 0 Å². The second kappa shape index (κ2) is 5.50. The molecule has 1 aliphatic carbocycles. The molecule has 0 aromatic heterocycles. The predicted octanol–water partition coefficient (Wildman–Crippen LogP) is 1.04. The lowest BCUT2D eigenvalue weighted by Crippen LogP contribution is -2.58. The average Bonchev–Trinajstić information content (AvgIpc) is 2.46. The standard InChI is InChI=1S/C14H19N5O3S/c15-12-17-13(16)19(14(18-12)8-2-1-3-9-14)10-4-6-11(7-5-10)23(20,21)22/h4-7H,1-3,8-9H2,(H,20,21,22)(H4,15,16,17,18). The van der Waals surface area contributed by atoms with E-state index in [1.165, 1.54) is 12.1 Å². The van der Waals surface area contributed by atoms with Crippen molar-refractivity contribution < 1.29 is 13.0 Å². The van der Waals surface area contributed by atoms with Crippen molar-refractivity contribution in [3.63, 3.8) is 0 Å². The third kappa shape index (κ3) is 2.89. The normalized spacial score (nSPS) is 21.0. The van der Waals surface area contributed by atoms with E-state index in [0.29, 0.717) is 5.69 Å². The summed E-state index contributed by atoms with van der Waals surface area (Å²) < 4.78 is 31.4. The summed E-state index contributed by atoms with van der Waals surface area (Å²) in [5.74, 6) is 0.397. The van der Waals surface area contributed by atoms with Crippen LogP contribution in [-0.2, 0) is 10.1 Å². The summed E-state index contributed by atoms with van der Waals surface area (Å²) in [5, 5.41) is 0. The lowest BCUT2D eigenvalue weighted by atomic mass is 9.87. The molecule has 1 spiro atoms. The quantitative estimate of drug-likeness (QED) is 0.690. The molecule has 5 N–H and O–H groups in total. The molecular weight excluding hydrogens is 318 g/mol. The highest BCUT2D eigenvalue weighted by Crippen LogP contribution is 2.39. The molecule has 8 nitrogen and oxygen atoms in total. The lowest BCUT2D eigenvalue weighted by Gasteiger charge is -2.45. The van der Waals surface area contributed by atoms with Gasteiger partial charge in [0.05, 0.1) is 4.90 Å². The van der Waals surface area contributed by atoms with Gasteiger partial charge >= 0.3 is 0 Å². The van der Waals surface area contributed by atoms with Crippen molar-refractivity contribution in [2.24, 2.45) is 21.5 Å². The molecule has 0 saturated heterocycles. The van der Waals surface area contributed by atoms with Gasteiger partial charge in [-0.2, -0.15) is 13.4 Å². The molecule has 0 bridgehead atoms. The van der Waals surface area contributed by atoms with Crippen molar-refractivity contribution in [1.29, 1.82) is 0 Å². The van der Waals surface area contributed by atoms with Gasteiger partial charge in [-0.3, -0.25) is 9.45 Å². The van der Waals surface area contributed by atoms with Gasteiger partial charge < -0.3 is 11.5 Å². The Balaban J connectivity index is 2.03. The highest BCUT2D eigenvalue weighted by atomic mass is 32.2. The largest absolute Gasteiger partial charge is 0.369 e. The number of hydrogen-bond donors (Lipinski definition) is 3. The molecule has 1 heterocycles. The van der Waals surface area contributed by atoms with Gasteiger partial charge in [0.1, 0.15) is 5.66 Å². The second-order valence-electron chi connectivity index (χ2n) is 5.79. The molecular formula is C14H19N5O3S. The van der Waals surface area contributed by atoms with E-state index in [9.17, 15) is 8.42 Å². The Kier molecular flexibility index (Phi) is 3.77. The average molecular weight is 337 g/mol. The Bertz CT molecular complexity index is 764. The number of hydrogen-bond acceptors (Lipinski definition) is 7. The van der Waals surface area contributed by atoms with Crippen LogP contribution < -0.4 is 16.4 Å². The van der Waals surface area contributed by atoms with Crippen LogP contribution in [0, 0.1) is 0 Å². The minimum atomic E-state index is -4.23.